The molecular weight excluding hydrogens is 314 g/mol. The normalized spacial score (nSPS) is 20.8. The third-order valence-corrected chi connectivity index (χ3v) is 6.11. The first-order chi connectivity index (χ1) is 12.1. The van der Waals surface area contributed by atoms with E-state index in [1.807, 2.05) is 17.9 Å². The Morgan fingerprint density at radius 1 is 1.16 bits per heavy atom. The summed E-state index contributed by atoms with van der Waals surface area (Å²) in [5.74, 6) is 0.892. The van der Waals surface area contributed by atoms with Gasteiger partial charge in [-0.3, -0.25) is 9.59 Å². The lowest BCUT2D eigenvalue weighted by molar-refractivity contribution is -0.133. The zero-order chi connectivity index (χ0) is 17.8. The molecule has 0 bridgehead atoms. The van der Waals surface area contributed by atoms with Gasteiger partial charge in [-0.05, 0) is 64.6 Å². The second-order valence-electron chi connectivity index (χ2n) is 7.61. The predicted molar refractivity (Wildman–Crippen MR) is 99.6 cm³/mol. The van der Waals surface area contributed by atoms with Crippen LogP contribution in [0.25, 0.3) is 0 Å². The third kappa shape index (κ3) is 4.32. The molecule has 2 aliphatic rings. The molecule has 2 saturated heterocycles. The topological polar surface area (TPSA) is 45.6 Å². The molecule has 1 amide bonds. The van der Waals surface area contributed by atoms with Gasteiger partial charge in [-0.2, -0.15) is 0 Å². The van der Waals surface area contributed by atoms with Crippen molar-refractivity contribution in [2.24, 2.45) is 5.92 Å². The molecule has 5 nitrogen and oxygen atoms in total. The number of piperidine rings is 1. The monoisotopic (exact) mass is 345 g/mol. The Balaban J connectivity index is 1.47. The summed E-state index contributed by atoms with van der Waals surface area (Å²) in [5.41, 5.74) is 0.893. The highest BCUT2D eigenvalue weighted by Crippen LogP contribution is 2.26. The molecule has 0 aromatic carbocycles. The zero-order valence-corrected chi connectivity index (χ0v) is 15.6. The minimum atomic E-state index is -0.0223. The van der Waals surface area contributed by atoms with Crippen LogP contribution in [-0.2, 0) is 11.3 Å². The Morgan fingerprint density at radius 2 is 1.84 bits per heavy atom. The van der Waals surface area contributed by atoms with E-state index >= 15 is 0 Å². The van der Waals surface area contributed by atoms with E-state index in [1.165, 1.54) is 25.9 Å². The number of likely N-dealkylation sites (tertiary alicyclic amines) is 2. The van der Waals surface area contributed by atoms with Gasteiger partial charge < -0.3 is 14.4 Å². The van der Waals surface area contributed by atoms with E-state index < -0.39 is 0 Å². The highest BCUT2D eigenvalue weighted by Gasteiger charge is 2.30. The molecule has 0 N–H and O–H groups in total. The maximum Gasteiger partial charge on any atom is 0.250 e. The standard InChI is InChI=1S/C20H31N3O2/c1-16-6-5-7-20(25)23(16)15-10-19(24)22-13-8-18(9-14-22)17(2)21-11-3-4-12-21/h5-7,17-18H,3-4,8-15H2,1-2H3/t17-/m1/s1. The quantitative estimate of drug-likeness (QED) is 0.822. The van der Waals surface area contributed by atoms with Crippen molar-refractivity contribution in [1.29, 1.82) is 0 Å². The first kappa shape index (κ1) is 18.2. The lowest BCUT2D eigenvalue weighted by atomic mass is 9.89. The van der Waals surface area contributed by atoms with Crippen molar-refractivity contribution in [2.75, 3.05) is 26.2 Å². The molecule has 0 aliphatic carbocycles. The molecule has 1 aromatic heterocycles. The van der Waals surface area contributed by atoms with Gasteiger partial charge >= 0.3 is 0 Å². The van der Waals surface area contributed by atoms with Crippen molar-refractivity contribution in [3.8, 4) is 0 Å². The fourth-order valence-corrected chi connectivity index (χ4v) is 4.35. The Hall–Kier alpha value is -1.62. The molecule has 3 heterocycles. The highest BCUT2D eigenvalue weighted by atomic mass is 16.2. The van der Waals surface area contributed by atoms with Gasteiger partial charge in [-0.15, -0.1) is 0 Å². The number of hydrogen-bond acceptors (Lipinski definition) is 3. The molecule has 0 radical (unpaired) electrons. The second kappa shape index (κ2) is 8.17. The van der Waals surface area contributed by atoms with E-state index in [2.05, 4.69) is 11.8 Å². The largest absolute Gasteiger partial charge is 0.343 e. The van der Waals surface area contributed by atoms with Gasteiger partial charge in [0, 0.05) is 43.9 Å². The Bertz CT molecular complexity index is 641. The van der Waals surface area contributed by atoms with E-state index in [9.17, 15) is 9.59 Å². The smallest absolute Gasteiger partial charge is 0.250 e. The van der Waals surface area contributed by atoms with Gasteiger partial charge in [-0.25, -0.2) is 0 Å². The summed E-state index contributed by atoms with van der Waals surface area (Å²) in [7, 11) is 0. The lowest BCUT2D eigenvalue weighted by Crippen LogP contribution is -2.45. The van der Waals surface area contributed by atoms with Gasteiger partial charge in [0.1, 0.15) is 0 Å². The Labute approximate surface area is 150 Å². The van der Waals surface area contributed by atoms with Crippen molar-refractivity contribution in [2.45, 2.75) is 58.5 Å². The van der Waals surface area contributed by atoms with Crippen molar-refractivity contribution in [3.63, 3.8) is 0 Å². The maximum absolute atomic E-state index is 12.5. The zero-order valence-electron chi connectivity index (χ0n) is 15.6. The van der Waals surface area contributed by atoms with Crippen LogP contribution in [0.3, 0.4) is 0 Å². The number of carbonyl (C=O) groups excluding carboxylic acids is 1. The second-order valence-corrected chi connectivity index (χ2v) is 7.61. The number of carbonyl (C=O) groups is 1. The van der Waals surface area contributed by atoms with Crippen LogP contribution in [0, 0.1) is 12.8 Å². The van der Waals surface area contributed by atoms with Crippen molar-refractivity contribution in [1.82, 2.24) is 14.4 Å². The van der Waals surface area contributed by atoms with Gasteiger partial charge in [0.25, 0.3) is 5.56 Å². The molecule has 25 heavy (non-hydrogen) atoms. The minimum absolute atomic E-state index is 0.0223. The summed E-state index contributed by atoms with van der Waals surface area (Å²) in [6, 6.07) is 5.88. The summed E-state index contributed by atoms with van der Waals surface area (Å²) in [6.45, 7) is 8.97. The van der Waals surface area contributed by atoms with Crippen molar-refractivity contribution < 1.29 is 4.79 Å². The number of hydrogen-bond donors (Lipinski definition) is 0. The fourth-order valence-electron chi connectivity index (χ4n) is 4.35. The van der Waals surface area contributed by atoms with Crippen LogP contribution in [0.5, 0.6) is 0 Å². The molecule has 0 spiro atoms. The van der Waals surface area contributed by atoms with Crippen LogP contribution in [0.2, 0.25) is 0 Å². The average molecular weight is 345 g/mol. The summed E-state index contributed by atoms with van der Waals surface area (Å²) in [5, 5.41) is 0. The molecule has 5 heteroatoms. The number of aromatic nitrogens is 1. The highest BCUT2D eigenvalue weighted by molar-refractivity contribution is 5.76. The Kier molecular flexibility index (Phi) is 5.94. The van der Waals surface area contributed by atoms with E-state index in [0.29, 0.717) is 24.9 Å². The summed E-state index contributed by atoms with van der Waals surface area (Å²) in [4.78, 5) is 29.0. The minimum Gasteiger partial charge on any atom is -0.343 e. The average Bonchev–Trinajstić information content (AvgIpc) is 3.15. The van der Waals surface area contributed by atoms with Crippen LogP contribution in [0.4, 0.5) is 0 Å². The molecule has 138 valence electrons. The molecule has 0 unspecified atom stereocenters. The van der Waals surface area contributed by atoms with E-state index in [-0.39, 0.29) is 11.5 Å². The van der Waals surface area contributed by atoms with Crippen molar-refractivity contribution in [3.05, 3.63) is 34.2 Å². The molecule has 0 saturated carbocycles. The summed E-state index contributed by atoms with van der Waals surface area (Å²) in [6.07, 6.45) is 5.29. The van der Waals surface area contributed by atoms with Gasteiger partial charge in [0.15, 0.2) is 0 Å². The number of pyridine rings is 1. The Morgan fingerprint density at radius 3 is 2.48 bits per heavy atom. The van der Waals surface area contributed by atoms with Crippen molar-refractivity contribution >= 4 is 5.91 Å². The number of aryl methyl sites for hydroxylation is 1. The SMILES string of the molecule is Cc1cccc(=O)n1CCC(=O)N1CCC([C@@H](C)N2CCCC2)CC1. The first-order valence-corrected chi connectivity index (χ1v) is 9.74. The molecule has 2 aliphatic heterocycles. The number of nitrogens with zero attached hydrogens (tertiary/aromatic N) is 3. The molecule has 3 rings (SSSR count). The maximum atomic E-state index is 12.5. The number of amides is 1. The van der Waals surface area contributed by atoms with Gasteiger partial charge in [0.05, 0.1) is 0 Å². The number of rotatable bonds is 5. The van der Waals surface area contributed by atoms with E-state index in [4.69, 9.17) is 0 Å². The third-order valence-electron chi connectivity index (χ3n) is 6.11. The summed E-state index contributed by atoms with van der Waals surface area (Å²) >= 11 is 0. The van der Waals surface area contributed by atoms with Crippen LogP contribution in [0.15, 0.2) is 23.0 Å². The van der Waals surface area contributed by atoms with Crippen LogP contribution < -0.4 is 5.56 Å². The van der Waals surface area contributed by atoms with Crippen LogP contribution in [-0.4, -0.2) is 52.5 Å². The van der Waals surface area contributed by atoms with E-state index in [0.717, 1.165) is 31.6 Å². The molecular formula is C20H31N3O2. The van der Waals surface area contributed by atoms with Crippen LogP contribution in [0.1, 0.15) is 44.7 Å². The molecule has 1 aromatic rings. The molecule has 1 atom stereocenters. The fraction of sp³-hybridized carbons (Fsp3) is 0.700. The first-order valence-electron chi connectivity index (χ1n) is 9.74. The summed E-state index contributed by atoms with van der Waals surface area (Å²) < 4.78 is 1.69. The predicted octanol–water partition coefficient (Wildman–Crippen LogP) is 2.27. The van der Waals surface area contributed by atoms with Gasteiger partial charge in [-0.1, -0.05) is 6.07 Å². The van der Waals surface area contributed by atoms with E-state index in [1.54, 1.807) is 16.7 Å². The lowest BCUT2D eigenvalue weighted by Gasteiger charge is -2.38. The molecule has 2 fully saturated rings. The van der Waals surface area contributed by atoms with Crippen LogP contribution >= 0.6 is 0 Å². The van der Waals surface area contributed by atoms with Gasteiger partial charge in [0.2, 0.25) is 5.91 Å².